The lowest BCUT2D eigenvalue weighted by Crippen LogP contribution is -2.20. The summed E-state index contributed by atoms with van der Waals surface area (Å²) in [5.41, 5.74) is 2.87. The van der Waals surface area contributed by atoms with Gasteiger partial charge in [0, 0.05) is 24.8 Å². The fourth-order valence-electron chi connectivity index (χ4n) is 2.70. The van der Waals surface area contributed by atoms with Crippen LogP contribution in [0.2, 0.25) is 0 Å². The van der Waals surface area contributed by atoms with E-state index in [4.69, 9.17) is 4.74 Å². The Balaban J connectivity index is 2.22. The molecule has 1 atom stereocenters. The summed E-state index contributed by atoms with van der Waals surface area (Å²) in [6.45, 7) is 5.83. The fraction of sp³-hybridized carbons (Fsp3) is 0.438. The van der Waals surface area contributed by atoms with Crippen LogP contribution in [0, 0.1) is 29.8 Å². The lowest BCUT2D eigenvalue weighted by Gasteiger charge is -2.17. The smallest absolute Gasteiger partial charge is 0.313 e. The van der Waals surface area contributed by atoms with Crippen LogP contribution >= 0.6 is 0 Å². The molecule has 0 saturated carbocycles. The first-order chi connectivity index (χ1) is 11.2. The molecule has 2 rings (SSSR count). The van der Waals surface area contributed by atoms with Gasteiger partial charge in [0.25, 0.3) is 0 Å². The zero-order valence-corrected chi connectivity index (χ0v) is 14.4. The molecular weight excluding hydrogens is 315 g/mol. The van der Waals surface area contributed by atoms with Crippen LogP contribution in [0.5, 0.6) is 5.75 Å². The zero-order chi connectivity index (χ0) is 18.0. The normalized spacial score (nSPS) is 12.1. The molecule has 0 aliphatic rings. The monoisotopic (exact) mass is 336 g/mol. The summed E-state index contributed by atoms with van der Waals surface area (Å²) in [6.07, 6.45) is 0.657. The third kappa shape index (κ3) is 3.47. The zero-order valence-electron chi connectivity index (χ0n) is 14.4. The van der Waals surface area contributed by atoms with E-state index in [0.717, 1.165) is 23.0 Å². The standard InChI is InChI=1S/C16H21FN4O3/c1-9(6-12-10(2)19-20(4)11(12)3)18-14-8-16(24-5)15(21(22)23)7-13(14)17/h7-9,18H,6H2,1-5H3. The number of nitro groups is 1. The summed E-state index contributed by atoms with van der Waals surface area (Å²) >= 11 is 0. The molecule has 24 heavy (non-hydrogen) atoms. The Labute approximate surface area is 139 Å². The summed E-state index contributed by atoms with van der Waals surface area (Å²) < 4.78 is 20.9. The molecule has 1 aromatic heterocycles. The average Bonchev–Trinajstić information content (AvgIpc) is 2.75. The van der Waals surface area contributed by atoms with Crippen LogP contribution in [-0.2, 0) is 13.5 Å². The minimum Gasteiger partial charge on any atom is -0.490 e. The molecule has 0 fully saturated rings. The van der Waals surface area contributed by atoms with Crippen molar-refractivity contribution in [1.82, 2.24) is 9.78 Å². The number of ether oxygens (including phenoxy) is 1. The first-order valence-electron chi connectivity index (χ1n) is 7.52. The largest absolute Gasteiger partial charge is 0.490 e. The summed E-state index contributed by atoms with van der Waals surface area (Å²) in [5, 5.41) is 18.3. The Morgan fingerprint density at radius 1 is 1.46 bits per heavy atom. The molecule has 0 aliphatic carbocycles. The number of hydrogen-bond acceptors (Lipinski definition) is 5. The summed E-state index contributed by atoms with van der Waals surface area (Å²) in [7, 11) is 3.20. The van der Waals surface area contributed by atoms with Gasteiger partial charge in [-0.1, -0.05) is 0 Å². The van der Waals surface area contributed by atoms with Gasteiger partial charge in [-0.05, 0) is 32.8 Å². The van der Waals surface area contributed by atoms with Crippen molar-refractivity contribution >= 4 is 11.4 Å². The molecule has 130 valence electrons. The van der Waals surface area contributed by atoms with Gasteiger partial charge in [-0.3, -0.25) is 14.8 Å². The Bertz CT molecular complexity index is 773. The topological polar surface area (TPSA) is 82.2 Å². The molecule has 0 saturated heterocycles. The molecule has 0 radical (unpaired) electrons. The highest BCUT2D eigenvalue weighted by atomic mass is 19.1. The number of halogens is 1. The van der Waals surface area contributed by atoms with Crippen LogP contribution in [-0.4, -0.2) is 27.9 Å². The summed E-state index contributed by atoms with van der Waals surface area (Å²) in [6, 6.07) is 2.09. The van der Waals surface area contributed by atoms with Gasteiger partial charge in [-0.2, -0.15) is 5.10 Å². The molecule has 0 aliphatic heterocycles. The molecule has 1 aromatic carbocycles. The molecule has 0 amide bonds. The molecule has 8 heteroatoms. The van der Waals surface area contributed by atoms with Gasteiger partial charge in [0.05, 0.1) is 29.5 Å². The third-order valence-corrected chi connectivity index (χ3v) is 4.04. The van der Waals surface area contributed by atoms with Crippen molar-refractivity contribution in [2.45, 2.75) is 33.2 Å². The lowest BCUT2D eigenvalue weighted by molar-refractivity contribution is -0.385. The Morgan fingerprint density at radius 3 is 2.62 bits per heavy atom. The SMILES string of the molecule is COc1cc(NC(C)Cc2c(C)nn(C)c2C)c(F)cc1[N+](=O)[O-]. The van der Waals surface area contributed by atoms with E-state index in [1.807, 2.05) is 32.5 Å². The van der Waals surface area contributed by atoms with Crippen LogP contribution in [0.25, 0.3) is 0 Å². The van der Waals surface area contributed by atoms with Crippen molar-refractivity contribution in [3.8, 4) is 5.75 Å². The number of hydrogen-bond donors (Lipinski definition) is 1. The predicted octanol–water partition coefficient (Wildman–Crippen LogP) is 3.14. The van der Waals surface area contributed by atoms with Gasteiger partial charge in [0.1, 0.15) is 0 Å². The number of aromatic nitrogens is 2. The van der Waals surface area contributed by atoms with Gasteiger partial charge in [-0.25, -0.2) is 4.39 Å². The number of benzene rings is 1. The minimum atomic E-state index is -0.686. The number of aryl methyl sites for hydroxylation is 2. The van der Waals surface area contributed by atoms with Gasteiger partial charge >= 0.3 is 5.69 Å². The van der Waals surface area contributed by atoms with E-state index < -0.39 is 16.4 Å². The molecule has 0 spiro atoms. The second-order valence-corrected chi connectivity index (χ2v) is 5.78. The second-order valence-electron chi connectivity index (χ2n) is 5.78. The van der Waals surface area contributed by atoms with Crippen molar-refractivity contribution in [2.75, 3.05) is 12.4 Å². The van der Waals surface area contributed by atoms with Crippen molar-refractivity contribution in [3.05, 3.63) is 45.0 Å². The lowest BCUT2D eigenvalue weighted by atomic mass is 10.0. The number of nitrogens with one attached hydrogen (secondary N) is 1. The highest BCUT2D eigenvalue weighted by molar-refractivity contribution is 5.59. The highest BCUT2D eigenvalue weighted by Crippen LogP contribution is 2.32. The molecule has 0 bridgehead atoms. The predicted molar refractivity (Wildman–Crippen MR) is 89.1 cm³/mol. The van der Waals surface area contributed by atoms with Crippen LogP contribution in [0.4, 0.5) is 15.8 Å². The summed E-state index contributed by atoms with van der Waals surface area (Å²) in [5.74, 6) is -0.668. The van der Waals surface area contributed by atoms with Crippen LogP contribution in [0.15, 0.2) is 12.1 Å². The molecule has 1 heterocycles. The number of methoxy groups -OCH3 is 1. The van der Waals surface area contributed by atoms with Gasteiger partial charge in [-0.15, -0.1) is 0 Å². The minimum absolute atomic E-state index is 0.0184. The average molecular weight is 336 g/mol. The number of anilines is 1. The van der Waals surface area contributed by atoms with Crippen molar-refractivity contribution in [2.24, 2.45) is 7.05 Å². The van der Waals surface area contributed by atoms with Crippen molar-refractivity contribution in [3.63, 3.8) is 0 Å². The number of nitrogens with zero attached hydrogens (tertiary/aromatic N) is 3. The van der Waals surface area contributed by atoms with E-state index in [1.165, 1.54) is 13.2 Å². The Morgan fingerprint density at radius 2 is 2.12 bits per heavy atom. The molecule has 1 N–H and O–H groups in total. The van der Waals surface area contributed by atoms with Crippen LogP contribution in [0.1, 0.15) is 23.9 Å². The molecule has 1 unspecified atom stereocenters. The molecular formula is C16H21FN4O3. The second kappa shape index (κ2) is 6.86. The van der Waals surface area contributed by atoms with E-state index in [2.05, 4.69) is 10.4 Å². The van der Waals surface area contributed by atoms with E-state index in [-0.39, 0.29) is 17.5 Å². The molecule has 7 nitrogen and oxygen atoms in total. The molecule has 2 aromatic rings. The Kier molecular flexibility index (Phi) is 5.06. The maximum Gasteiger partial charge on any atom is 0.313 e. The maximum atomic E-state index is 14.1. The maximum absolute atomic E-state index is 14.1. The first kappa shape index (κ1) is 17.7. The van der Waals surface area contributed by atoms with Gasteiger partial charge in [0.2, 0.25) is 0 Å². The summed E-state index contributed by atoms with van der Waals surface area (Å²) in [4.78, 5) is 10.2. The van der Waals surface area contributed by atoms with E-state index in [9.17, 15) is 14.5 Å². The van der Waals surface area contributed by atoms with E-state index in [1.54, 1.807) is 0 Å². The number of nitro benzene ring substituents is 1. The third-order valence-electron chi connectivity index (χ3n) is 4.04. The van der Waals surface area contributed by atoms with E-state index in [0.29, 0.717) is 6.42 Å². The van der Waals surface area contributed by atoms with Crippen LogP contribution < -0.4 is 10.1 Å². The fourth-order valence-corrected chi connectivity index (χ4v) is 2.70. The highest BCUT2D eigenvalue weighted by Gasteiger charge is 2.20. The Hall–Kier alpha value is -2.64. The van der Waals surface area contributed by atoms with Crippen molar-refractivity contribution in [1.29, 1.82) is 0 Å². The van der Waals surface area contributed by atoms with Gasteiger partial charge < -0.3 is 10.1 Å². The van der Waals surface area contributed by atoms with Crippen LogP contribution in [0.3, 0.4) is 0 Å². The quantitative estimate of drug-likeness (QED) is 0.647. The first-order valence-corrected chi connectivity index (χ1v) is 7.52. The van der Waals surface area contributed by atoms with Crippen molar-refractivity contribution < 1.29 is 14.1 Å². The number of rotatable bonds is 6. The van der Waals surface area contributed by atoms with E-state index >= 15 is 0 Å². The van der Waals surface area contributed by atoms with Gasteiger partial charge in [0.15, 0.2) is 11.6 Å².